The second-order valence-corrected chi connectivity index (χ2v) is 6.66. The fourth-order valence-corrected chi connectivity index (χ4v) is 3.83. The summed E-state index contributed by atoms with van der Waals surface area (Å²) in [6.07, 6.45) is 6.44. The molecule has 6 nitrogen and oxygen atoms in total. The third-order valence-corrected chi connectivity index (χ3v) is 5.40. The number of hydrogen-bond donors (Lipinski definition) is 1. The molecule has 1 saturated carbocycles. The lowest BCUT2D eigenvalue weighted by Gasteiger charge is -2.35. The van der Waals surface area contributed by atoms with Gasteiger partial charge >= 0.3 is 0 Å². The Kier molecular flexibility index (Phi) is 4.59. The largest absolute Gasteiger partial charge is 0.396 e. The molecule has 0 radical (unpaired) electrons. The Morgan fingerprint density at radius 3 is 2.74 bits per heavy atom. The number of aliphatic hydroxyl groups is 1. The monoisotopic (exact) mass is 287 g/mol. The molecule has 0 unspecified atom stereocenters. The Morgan fingerprint density at radius 2 is 2.26 bits per heavy atom. The maximum absolute atomic E-state index is 12.6. The van der Waals surface area contributed by atoms with Gasteiger partial charge in [0.25, 0.3) is 10.0 Å². The number of aromatic nitrogens is 2. The quantitative estimate of drug-likeness (QED) is 0.806. The Balaban J connectivity index is 2.22. The van der Waals surface area contributed by atoms with Gasteiger partial charge in [-0.15, -0.1) is 0 Å². The first-order chi connectivity index (χ1) is 9.09. The van der Waals surface area contributed by atoms with E-state index in [1.54, 1.807) is 10.8 Å². The third-order valence-electron chi connectivity index (χ3n) is 3.57. The van der Waals surface area contributed by atoms with E-state index in [2.05, 4.69) is 4.98 Å². The predicted octanol–water partition coefficient (Wildman–Crippen LogP) is 0.829. The Bertz CT molecular complexity index is 508. The number of rotatable bonds is 7. The molecule has 0 saturated heterocycles. The molecule has 1 fully saturated rings. The summed E-state index contributed by atoms with van der Waals surface area (Å²) in [5.74, 6) is 0. The van der Waals surface area contributed by atoms with Gasteiger partial charge in [-0.1, -0.05) is 6.42 Å². The summed E-state index contributed by atoms with van der Waals surface area (Å²) in [7, 11) is -3.53. The van der Waals surface area contributed by atoms with Gasteiger partial charge in [-0.05, 0) is 26.2 Å². The van der Waals surface area contributed by atoms with Crippen molar-refractivity contribution in [2.24, 2.45) is 0 Å². The summed E-state index contributed by atoms with van der Waals surface area (Å²) < 4.78 is 28.4. The molecule has 19 heavy (non-hydrogen) atoms. The maximum Gasteiger partial charge on any atom is 0.262 e. The maximum atomic E-state index is 12.6. The van der Waals surface area contributed by atoms with Crippen LogP contribution in [-0.2, 0) is 16.6 Å². The third kappa shape index (κ3) is 2.98. The molecule has 1 aromatic rings. The van der Waals surface area contributed by atoms with Crippen LogP contribution in [-0.4, -0.2) is 46.6 Å². The minimum absolute atomic E-state index is 0.00212. The lowest BCUT2D eigenvalue weighted by atomic mass is 9.93. The lowest BCUT2D eigenvalue weighted by molar-refractivity contribution is 0.198. The zero-order valence-electron chi connectivity index (χ0n) is 11.2. The van der Waals surface area contributed by atoms with E-state index < -0.39 is 10.0 Å². The molecule has 0 aromatic carbocycles. The van der Waals surface area contributed by atoms with Crippen molar-refractivity contribution < 1.29 is 13.5 Å². The first kappa shape index (κ1) is 14.5. The molecule has 1 aromatic heterocycles. The minimum atomic E-state index is -3.53. The Labute approximate surface area is 114 Å². The van der Waals surface area contributed by atoms with Gasteiger partial charge in [-0.2, -0.15) is 4.31 Å². The molecular formula is C12H21N3O3S. The molecule has 2 rings (SSSR count). The van der Waals surface area contributed by atoms with Crippen LogP contribution in [0.1, 0.15) is 32.6 Å². The summed E-state index contributed by atoms with van der Waals surface area (Å²) in [6.45, 7) is 3.00. The van der Waals surface area contributed by atoms with Gasteiger partial charge in [0.2, 0.25) is 0 Å². The number of aryl methyl sites for hydroxylation is 1. The average molecular weight is 287 g/mol. The van der Waals surface area contributed by atoms with Crippen LogP contribution in [0.25, 0.3) is 0 Å². The fourth-order valence-electron chi connectivity index (χ4n) is 2.17. The van der Waals surface area contributed by atoms with E-state index in [0.717, 1.165) is 19.3 Å². The smallest absolute Gasteiger partial charge is 0.262 e. The van der Waals surface area contributed by atoms with Crippen LogP contribution < -0.4 is 0 Å². The molecule has 7 heteroatoms. The Hall–Kier alpha value is -0.920. The summed E-state index contributed by atoms with van der Waals surface area (Å²) in [6, 6.07) is 0.0725. The zero-order valence-corrected chi connectivity index (χ0v) is 12.0. The van der Waals surface area contributed by atoms with Crippen molar-refractivity contribution in [2.75, 3.05) is 13.2 Å². The highest BCUT2D eigenvalue weighted by Gasteiger charge is 2.35. The number of imidazole rings is 1. The Morgan fingerprint density at radius 1 is 1.53 bits per heavy atom. The first-order valence-electron chi connectivity index (χ1n) is 6.74. The molecule has 0 atom stereocenters. The van der Waals surface area contributed by atoms with Gasteiger partial charge in [0, 0.05) is 31.9 Å². The second kappa shape index (κ2) is 6.02. The highest BCUT2D eigenvalue weighted by Crippen LogP contribution is 2.29. The normalized spacial score (nSPS) is 16.8. The van der Waals surface area contributed by atoms with E-state index in [4.69, 9.17) is 5.11 Å². The molecular weight excluding hydrogens is 266 g/mol. The summed E-state index contributed by atoms with van der Waals surface area (Å²) in [5.41, 5.74) is 0. The van der Waals surface area contributed by atoms with Crippen molar-refractivity contribution in [1.82, 2.24) is 13.9 Å². The van der Waals surface area contributed by atoms with Crippen LogP contribution in [0.3, 0.4) is 0 Å². The van der Waals surface area contributed by atoms with E-state index in [1.165, 1.54) is 10.6 Å². The van der Waals surface area contributed by atoms with Gasteiger partial charge in [-0.3, -0.25) is 0 Å². The second-order valence-electron chi connectivity index (χ2n) is 4.82. The number of nitrogens with zero attached hydrogens (tertiary/aromatic N) is 3. The molecule has 1 aliphatic rings. The van der Waals surface area contributed by atoms with Crippen molar-refractivity contribution in [2.45, 2.75) is 50.2 Å². The van der Waals surface area contributed by atoms with E-state index in [9.17, 15) is 8.42 Å². The summed E-state index contributed by atoms with van der Waals surface area (Å²) >= 11 is 0. The van der Waals surface area contributed by atoms with Crippen LogP contribution in [0.2, 0.25) is 0 Å². The van der Waals surface area contributed by atoms with Crippen LogP contribution >= 0.6 is 0 Å². The minimum Gasteiger partial charge on any atom is -0.396 e. The molecule has 1 aliphatic carbocycles. The van der Waals surface area contributed by atoms with Crippen LogP contribution in [0.5, 0.6) is 0 Å². The predicted molar refractivity (Wildman–Crippen MR) is 71.1 cm³/mol. The molecule has 0 bridgehead atoms. The summed E-state index contributed by atoms with van der Waals surface area (Å²) in [4.78, 5) is 4.00. The molecule has 1 N–H and O–H groups in total. The standard InChI is InChI=1S/C12H21N3O3S/c1-2-14-9-12(13-10-14)19(17,18)15(7-4-8-16)11-5-3-6-11/h9-11,16H,2-8H2,1H3. The van der Waals surface area contributed by atoms with Crippen LogP contribution in [0.15, 0.2) is 17.6 Å². The first-order valence-corrected chi connectivity index (χ1v) is 8.18. The van der Waals surface area contributed by atoms with Crippen molar-refractivity contribution in [3.63, 3.8) is 0 Å². The molecule has 0 spiro atoms. The van der Waals surface area contributed by atoms with Crippen molar-refractivity contribution in [3.8, 4) is 0 Å². The zero-order chi connectivity index (χ0) is 13.9. The SMILES string of the molecule is CCn1cnc(S(=O)(=O)N(CCCO)C2CCC2)c1. The van der Waals surface area contributed by atoms with Gasteiger partial charge in [0.15, 0.2) is 5.03 Å². The van der Waals surface area contributed by atoms with Gasteiger partial charge < -0.3 is 9.67 Å². The number of hydrogen-bond acceptors (Lipinski definition) is 4. The fraction of sp³-hybridized carbons (Fsp3) is 0.750. The molecule has 1 heterocycles. The van der Waals surface area contributed by atoms with Gasteiger partial charge in [0.05, 0.1) is 6.33 Å². The lowest BCUT2D eigenvalue weighted by Crippen LogP contribution is -2.44. The van der Waals surface area contributed by atoms with Crippen LogP contribution in [0, 0.1) is 0 Å². The molecule has 0 amide bonds. The van der Waals surface area contributed by atoms with Crippen molar-refractivity contribution in [1.29, 1.82) is 0 Å². The topological polar surface area (TPSA) is 75.4 Å². The number of sulfonamides is 1. The van der Waals surface area contributed by atoms with Crippen molar-refractivity contribution >= 4 is 10.0 Å². The highest BCUT2D eigenvalue weighted by molar-refractivity contribution is 7.89. The van der Waals surface area contributed by atoms with E-state index in [-0.39, 0.29) is 17.7 Å². The average Bonchev–Trinajstić information content (AvgIpc) is 2.81. The van der Waals surface area contributed by atoms with Gasteiger partial charge in [0.1, 0.15) is 0 Å². The van der Waals surface area contributed by atoms with E-state index in [0.29, 0.717) is 19.5 Å². The molecule has 0 aliphatic heterocycles. The van der Waals surface area contributed by atoms with Gasteiger partial charge in [-0.25, -0.2) is 13.4 Å². The van der Waals surface area contributed by atoms with E-state index in [1.807, 2.05) is 6.92 Å². The number of aliphatic hydroxyl groups excluding tert-OH is 1. The molecule has 108 valence electrons. The van der Waals surface area contributed by atoms with Crippen LogP contribution in [0.4, 0.5) is 0 Å². The van der Waals surface area contributed by atoms with E-state index >= 15 is 0 Å². The van der Waals surface area contributed by atoms with Crippen molar-refractivity contribution in [3.05, 3.63) is 12.5 Å². The summed E-state index contributed by atoms with van der Waals surface area (Å²) in [5, 5.41) is 9.04. The highest BCUT2D eigenvalue weighted by atomic mass is 32.2.